The number of likely N-dealkylation sites (tertiary alicyclic amines) is 1. The summed E-state index contributed by atoms with van der Waals surface area (Å²) in [6, 6.07) is 10.3. The number of nitrogens with one attached hydrogen (secondary N) is 1. The fraction of sp³-hybridized carbons (Fsp3) is 0.562. The second-order valence-corrected chi connectivity index (χ2v) is 5.57. The monoisotopic (exact) mass is 273 g/mol. The largest absolute Gasteiger partial charge is 0.479 e. The summed E-state index contributed by atoms with van der Waals surface area (Å²) in [6.45, 7) is 4.73. The van der Waals surface area contributed by atoms with Gasteiger partial charge >= 0.3 is 0 Å². The smallest absolute Gasteiger partial charge is 0.174 e. The third-order valence-electron chi connectivity index (χ3n) is 3.92. The Hall–Kier alpha value is -1.73. The number of benzene rings is 1. The van der Waals surface area contributed by atoms with Crippen LogP contribution in [0.2, 0.25) is 0 Å². The molecule has 1 fully saturated rings. The van der Waals surface area contributed by atoms with Crippen LogP contribution in [0.25, 0.3) is 0 Å². The van der Waals surface area contributed by atoms with E-state index in [1.165, 1.54) is 19.4 Å². The van der Waals surface area contributed by atoms with E-state index in [9.17, 15) is 0 Å². The van der Waals surface area contributed by atoms with Crippen LogP contribution in [0.4, 0.5) is 5.69 Å². The fourth-order valence-corrected chi connectivity index (χ4v) is 2.76. The molecule has 1 N–H and O–H groups in total. The van der Waals surface area contributed by atoms with Gasteiger partial charge in [0.1, 0.15) is 11.8 Å². The molecule has 0 aromatic heterocycles. The summed E-state index contributed by atoms with van der Waals surface area (Å²) in [7, 11) is 2.19. The van der Waals surface area contributed by atoms with Gasteiger partial charge in [-0.1, -0.05) is 0 Å². The Balaban J connectivity index is 1.87. The first-order valence-corrected chi connectivity index (χ1v) is 7.24. The van der Waals surface area contributed by atoms with Crippen molar-refractivity contribution in [3.05, 3.63) is 24.3 Å². The number of rotatable bonds is 5. The summed E-state index contributed by atoms with van der Waals surface area (Å²) in [6.07, 6.45) is 2.58. The quantitative estimate of drug-likeness (QED) is 0.896. The molecule has 2 rings (SSSR count). The first kappa shape index (κ1) is 14.7. The summed E-state index contributed by atoms with van der Waals surface area (Å²) in [5.41, 5.74) is 1.11. The minimum absolute atomic E-state index is 0.0948. The Morgan fingerprint density at radius 3 is 2.85 bits per heavy atom. The van der Waals surface area contributed by atoms with Gasteiger partial charge in [-0.05, 0) is 63.5 Å². The lowest BCUT2D eigenvalue weighted by atomic mass is 9.92. The zero-order valence-electron chi connectivity index (χ0n) is 12.3. The van der Waals surface area contributed by atoms with Crippen molar-refractivity contribution in [3.63, 3.8) is 0 Å². The molecule has 0 saturated carbocycles. The average molecular weight is 273 g/mol. The average Bonchev–Trinajstić information content (AvgIpc) is 2.46. The Morgan fingerprint density at radius 2 is 2.20 bits per heavy atom. The van der Waals surface area contributed by atoms with Crippen molar-refractivity contribution in [2.45, 2.75) is 25.8 Å². The van der Waals surface area contributed by atoms with Crippen LogP contribution < -0.4 is 10.1 Å². The number of anilines is 1. The second-order valence-electron chi connectivity index (χ2n) is 5.57. The Bertz CT molecular complexity index is 452. The van der Waals surface area contributed by atoms with Crippen LogP contribution in [-0.2, 0) is 0 Å². The molecule has 0 spiro atoms. The molecule has 2 unspecified atom stereocenters. The Labute approximate surface area is 121 Å². The summed E-state index contributed by atoms with van der Waals surface area (Å²) in [5.74, 6) is 1.44. The van der Waals surface area contributed by atoms with Gasteiger partial charge in [-0.15, -0.1) is 0 Å². The molecule has 4 nitrogen and oxygen atoms in total. The van der Waals surface area contributed by atoms with Crippen molar-refractivity contribution in [1.82, 2.24) is 4.90 Å². The van der Waals surface area contributed by atoms with Crippen LogP contribution in [0.15, 0.2) is 24.3 Å². The highest BCUT2D eigenvalue weighted by atomic mass is 16.5. The third-order valence-corrected chi connectivity index (χ3v) is 3.92. The van der Waals surface area contributed by atoms with E-state index in [1.807, 2.05) is 30.3 Å². The van der Waals surface area contributed by atoms with Crippen molar-refractivity contribution in [3.8, 4) is 11.8 Å². The van der Waals surface area contributed by atoms with Crippen LogP contribution in [0.1, 0.15) is 19.8 Å². The van der Waals surface area contributed by atoms with E-state index < -0.39 is 0 Å². The van der Waals surface area contributed by atoms with Gasteiger partial charge in [0.25, 0.3) is 0 Å². The van der Waals surface area contributed by atoms with Crippen molar-refractivity contribution in [2.75, 3.05) is 32.1 Å². The van der Waals surface area contributed by atoms with Crippen LogP contribution in [0.3, 0.4) is 0 Å². The molecule has 1 aliphatic rings. The van der Waals surface area contributed by atoms with Crippen molar-refractivity contribution in [2.24, 2.45) is 5.92 Å². The lowest BCUT2D eigenvalue weighted by Gasteiger charge is -2.34. The minimum Gasteiger partial charge on any atom is -0.479 e. The zero-order valence-corrected chi connectivity index (χ0v) is 12.3. The van der Waals surface area contributed by atoms with Gasteiger partial charge in [0, 0.05) is 18.3 Å². The van der Waals surface area contributed by atoms with Gasteiger partial charge in [0.15, 0.2) is 6.61 Å². The summed E-state index contributed by atoms with van der Waals surface area (Å²) in [4.78, 5) is 2.41. The van der Waals surface area contributed by atoms with Crippen LogP contribution in [0, 0.1) is 17.2 Å². The van der Waals surface area contributed by atoms with Crippen molar-refractivity contribution >= 4 is 5.69 Å². The number of nitriles is 1. The number of nitrogens with zero attached hydrogens (tertiary/aromatic N) is 2. The first-order chi connectivity index (χ1) is 9.69. The molecule has 1 heterocycles. The molecular weight excluding hydrogens is 250 g/mol. The summed E-state index contributed by atoms with van der Waals surface area (Å²) < 4.78 is 5.25. The molecule has 20 heavy (non-hydrogen) atoms. The van der Waals surface area contributed by atoms with E-state index in [0.29, 0.717) is 12.0 Å². The van der Waals surface area contributed by atoms with Gasteiger partial charge in [0.05, 0.1) is 0 Å². The highest BCUT2D eigenvalue weighted by Gasteiger charge is 2.22. The minimum atomic E-state index is 0.0948. The van der Waals surface area contributed by atoms with E-state index in [4.69, 9.17) is 10.00 Å². The molecule has 4 heteroatoms. The third kappa shape index (κ3) is 4.14. The maximum Gasteiger partial charge on any atom is 0.174 e. The second kappa shape index (κ2) is 7.16. The van der Waals surface area contributed by atoms with Crippen LogP contribution in [-0.4, -0.2) is 37.7 Å². The number of hydrogen-bond acceptors (Lipinski definition) is 4. The maximum absolute atomic E-state index is 8.48. The first-order valence-electron chi connectivity index (χ1n) is 7.24. The molecule has 1 saturated heterocycles. The lowest BCUT2D eigenvalue weighted by molar-refractivity contribution is 0.197. The van der Waals surface area contributed by atoms with Crippen LogP contribution >= 0.6 is 0 Å². The Kier molecular flexibility index (Phi) is 5.25. The SMILES string of the molecule is CC(Nc1ccc(OCC#N)cc1)C1CCCN(C)C1. The van der Waals surface area contributed by atoms with Gasteiger partial charge < -0.3 is 15.0 Å². The predicted molar refractivity (Wildman–Crippen MR) is 80.9 cm³/mol. The predicted octanol–water partition coefficient (Wildman–Crippen LogP) is 2.73. The van der Waals surface area contributed by atoms with Crippen LogP contribution in [0.5, 0.6) is 5.75 Å². The van der Waals surface area contributed by atoms with Gasteiger partial charge in [-0.3, -0.25) is 0 Å². The summed E-state index contributed by atoms with van der Waals surface area (Å²) in [5, 5.41) is 12.0. The molecule has 1 aliphatic heterocycles. The molecular formula is C16H23N3O. The Morgan fingerprint density at radius 1 is 1.45 bits per heavy atom. The van der Waals surface area contributed by atoms with E-state index in [-0.39, 0.29) is 6.61 Å². The molecule has 0 radical (unpaired) electrons. The molecule has 1 aromatic carbocycles. The molecule has 2 atom stereocenters. The lowest BCUT2D eigenvalue weighted by Crippen LogP contribution is -2.39. The maximum atomic E-state index is 8.48. The number of piperidine rings is 1. The van der Waals surface area contributed by atoms with Crippen molar-refractivity contribution in [1.29, 1.82) is 5.26 Å². The molecule has 0 aliphatic carbocycles. The van der Waals surface area contributed by atoms with E-state index >= 15 is 0 Å². The van der Waals surface area contributed by atoms with E-state index in [2.05, 4.69) is 24.2 Å². The molecule has 1 aromatic rings. The number of ether oxygens (including phenoxy) is 1. The topological polar surface area (TPSA) is 48.3 Å². The number of hydrogen-bond donors (Lipinski definition) is 1. The normalized spacial score (nSPS) is 20.9. The molecule has 108 valence electrons. The molecule has 0 bridgehead atoms. The standard InChI is InChI=1S/C16H23N3O/c1-13(14-4-3-10-19(2)12-14)18-15-5-7-16(8-6-15)20-11-9-17/h5-8,13-14,18H,3-4,10-12H2,1-2H3. The van der Waals surface area contributed by atoms with Crippen molar-refractivity contribution < 1.29 is 4.74 Å². The van der Waals surface area contributed by atoms with Gasteiger partial charge in [-0.25, -0.2) is 0 Å². The van der Waals surface area contributed by atoms with E-state index in [0.717, 1.165) is 18.0 Å². The van der Waals surface area contributed by atoms with Gasteiger partial charge in [-0.2, -0.15) is 5.26 Å². The highest BCUT2D eigenvalue weighted by molar-refractivity contribution is 5.47. The fourth-order valence-electron chi connectivity index (χ4n) is 2.76. The summed E-state index contributed by atoms with van der Waals surface area (Å²) >= 11 is 0. The highest BCUT2D eigenvalue weighted by Crippen LogP contribution is 2.22. The zero-order chi connectivity index (χ0) is 14.4. The van der Waals surface area contributed by atoms with Gasteiger partial charge in [0.2, 0.25) is 0 Å². The van der Waals surface area contributed by atoms with E-state index in [1.54, 1.807) is 0 Å². The molecule has 0 amide bonds.